The number of thiophene rings is 1. The van der Waals surface area contributed by atoms with Crippen molar-refractivity contribution in [3.63, 3.8) is 0 Å². The van der Waals surface area contributed by atoms with Crippen LogP contribution in [0.1, 0.15) is 44.0 Å². The smallest absolute Gasteiger partial charge is 0.244 e. The van der Waals surface area contributed by atoms with Crippen LogP contribution in [0, 0.1) is 5.92 Å². The van der Waals surface area contributed by atoms with E-state index in [-0.39, 0.29) is 18.4 Å². The van der Waals surface area contributed by atoms with Crippen molar-refractivity contribution in [3.8, 4) is 10.7 Å². The lowest BCUT2D eigenvalue weighted by Gasteiger charge is -2.24. The van der Waals surface area contributed by atoms with Gasteiger partial charge in [0.25, 0.3) is 0 Å². The molecule has 3 heterocycles. The summed E-state index contributed by atoms with van der Waals surface area (Å²) in [7, 11) is 0. The number of halogens is 2. The first-order valence-electron chi connectivity index (χ1n) is 7.13. The van der Waals surface area contributed by atoms with Crippen LogP contribution in [0.15, 0.2) is 20.4 Å². The molecular formula is C14H17BrClN3OS. The Kier molecular flexibility index (Phi) is 4.69. The van der Waals surface area contributed by atoms with Crippen LogP contribution in [0.2, 0.25) is 0 Å². The molecule has 21 heavy (non-hydrogen) atoms. The van der Waals surface area contributed by atoms with Crippen LogP contribution in [0.25, 0.3) is 10.7 Å². The summed E-state index contributed by atoms with van der Waals surface area (Å²) in [5, 5.41) is 9.84. The Morgan fingerprint density at radius 1 is 1.33 bits per heavy atom. The molecule has 0 aromatic carbocycles. The maximum Gasteiger partial charge on any atom is 0.244 e. The van der Waals surface area contributed by atoms with Crippen molar-refractivity contribution in [2.24, 2.45) is 5.92 Å². The highest BCUT2D eigenvalue weighted by Gasteiger charge is 2.38. The SMILES string of the molecule is Brc1csc(-c2noc(C3CC4CCCCC4N3)n2)c1.Cl. The highest BCUT2D eigenvalue weighted by atomic mass is 79.9. The summed E-state index contributed by atoms with van der Waals surface area (Å²) < 4.78 is 6.55. The lowest BCUT2D eigenvalue weighted by atomic mass is 9.85. The average molecular weight is 391 g/mol. The number of aromatic nitrogens is 2. The zero-order valence-corrected chi connectivity index (χ0v) is 14.6. The molecule has 0 bridgehead atoms. The summed E-state index contributed by atoms with van der Waals surface area (Å²) in [6.07, 6.45) is 6.49. The third-order valence-corrected chi connectivity index (χ3v) is 6.08. The maximum atomic E-state index is 5.49. The molecule has 2 aliphatic rings. The van der Waals surface area contributed by atoms with Crippen LogP contribution in [-0.4, -0.2) is 16.2 Å². The maximum absolute atomic E-state index is 5.49. The van der Waals surface area contributed by atoms with Crippen LogP contribution in [0.5, 0.6) is 0 Å². The van der Waals surface area contributed by atoms with E-state index < -0.39 is 0 Å². The van der Waals surface area contributed by atoms with Crippen molar-refractivity contribution in [1.29, 1.82) is 0 Å². The predicted molar refractivity (Wildman–Crippen MR) is 88.8 cm³/mol. The molecular weight excluding hydrogens is 374 g/mol. The van der Waals surface area contributed by atoms with E-state index in [1.165, 1.54) is 25.7 Å². The number of hydrogen-bond donors (Lipinski definition) is 1. The molecule has 0 spiro atoms. The highest BCUT2D eigenvalue weighted by molar-refractivity contribution is 9.10. The van der Waals surface area contributed by atoms with Gasteiger partial charge in [-0.15, -0.1) is 23.7 Å². The second kappa shape index (κ2) is 6.36. The van der Waals surface area contributed by atoms with Crippen molar-refractivity contribution in [3.05, 3.63) is 21.8 Å². The van der Waals surface area contributed by atoms with Gasteiger partial charge in [0, 0.05) is 15.9 Å². The zero-order valence-electron chi connectivity index (χ0n) is 11.4. The van der Waals surface area contributed by atoms with Gasteiger partial charge in [-0.2, -0.15) is 4.98 Å². The van der Waals surface area contributed by atoms with E-state index in [1.54, 1.807) is 11.3 Å². The van der Waals surface area contributed by atoms with Gasteiger partial charge in [0.2, 0.25) is 11.7 Å². The van der Waals surface area contributed by atoms with Crippen molar-refractivity contribution >= 4 is 39.7 Å². The summed E-state index contributed by atoms with van der Waals surface area (Å²) >= 11 is 5.08. The van der Waals surface area contributed by atoms with Gasteiger partial charge in [0.15, 0.2) is 0 Å². The van der Waals surface area contributed by atoms with Gasteiger partial charge in [-0.1, -0.05) is 18.0 Å². The van der Waals surface area contributed by atoms with Crippen molar-refractivity contribution in [2.75, 3.05) is 0 Å². The number of nitrogens with one attached hydrogen (secondary N) is 1. The molecule has 4 nitrogen and oxygen atoms in total. The molecule has 3 unspecified atom stereocenters. The minimum atomic E-state index is 0. The van der Waals surface area contributed by atoms with Gasteiger partial charge in [0.05, 0.1) is 10.9 Å². The fraction of sp³-hybridized carbons (Fsp3) is 0.571. The molecule has 3 atom stereocenters. The van der Waals surface area contributed by atoms with E-state index in [2.05, 4.69) is 31.4 Å². The molecule has 2 aromatic heterocycles. The molecule has 1 N–H and O–H groups in total. The molecule has 4 rings (SSSR count). The molecule has 1 saturated heterocycles. The number of hydrogen-bond acceptors (Lipinski definition) is 5. The first-order valence-corrected chi connectivity index (χ1v) is 8.81. The first-order chi connectivity index (χ1) is 9.79. The van der Waals surface area contributed by atoms with Gasteiger partial charge >= 0.3 is 0 Å². The summed E-state index contributed by atoms with van der Waals surface area (Å²) in [5.74, 6) is 2.24. The Morgan fingerprint density at radius 3 is 2.95 bits per heavy atom. The molecule has 0 amide bonds. The first kappa shape index (κ1) is 15.5. The fourth-order valence-electron chi connectivity index (χ4n) is 3.42. The van der Waals surface area contributed by atoms with Crippen LogP contribution in [0.4, 0.5) is 0 Å². The predicted octanol–water partition coefficient (Wildman–Crippen LogP) is 4.58. The van der Waals surface area contributed by atoms with E-state index >= 15 is 0 Å². The quantitative estimate of drug-likeness (QED) is 0.815. The lowest BCUT2D eigenvalue weighted by Crippen LogP contribution is -2.30. The number of nitrogens with zero attached hydrogens (tertiary/aromatic N) is 2. The van der Waals surface area contributed by atoms with E-state index in [0.29, 0.717) is 11.9 Å². The van der Waals surface area contributed by atoms with Gasteiger partial charge < -0.3 is 9.84 Å². The Labute approximate surface area is 142 Å². The molecule has 1 aliphatic heterocycles. The van der Waals surface area contributed by atoms with Crippen LogP contribution in [0.3, 0.4) is 0 Å². The van der Waals surface area contributed by atoms with E-state index in [1.807, 2.05) is 11.4 Å². The standard InChI is InChI=1S/C14H16BrN3OS.ClH/c15-9-6-12(20-7-9)13-17-14(19-18-13)11-5-8-3-1-2-4-10(8)16-11;/h6-8,10-11,16H,1-5H2;1H. The van der Waals surface area contributed by atoms with E-state index in [9.17, 15) is 0 Å². The van der Waals surface area contributed by atoms with Crippen LogP contribution < -0.4 is 5.32 Å². The summed E-state index contributed by atoms with van der Waals surface area (Å²) in [6.45, 7) is 0. The normalized spacial score (nSPS) is 28.1. The van der Waals surface area contributed by atoms with Crippen molar-refractivity contribution in [1.82, 2.24) is 15.5 Å². The van der Waals surface area contributed by atoms with Crippen LogP contribution >= 0.6 is 39.7 Å². The fourth-order valence-corrected chi connectivity index (χ4v) is 4.77. The van der Waals surface area contributed by atoms with E-state index in [0.717, 1.165) is 27.6 Å². The Bertz CT molecular complexity index is 603. The van der Waals surface area contributed by atoms with Crippen molar-refractivity contribution < 1.29 is 4.52 Å². The largest absolute Gasteiger partial charge is 0.337 e. The molecule has 7 heteroatoms. The second-order valence-corrected chi connectivity index (χ2v) is 7.52. The highest BCUT2D eigenvalue weighted by Crippen LogP contribution is 2.39. The molecule has 2 fully saturated rings. The van der Waals surface area contributed by atoms with Crippen molar-refractivity contribution in [2.45, 2.75) is 44.2 Å². The topological polar surface area (TPSA) is 51.0 Å². The summed E-state index contributed by atoms with van der Waals surface area (Å²) in [5.41, 5.74) is 0. The van der Waals surface area contributed by atoms with Gasteiger partial charge in [-0.05, 0) is 47.2 Å². The minimum Gasteiger partial charge on any atom is -0.337 e. The third kappa shape index (κ3) is 3.04. The van der Waals surface area contributed by atoms with Gasteiger partial charge in [-0.3, -0.25) is 0 Å². The number of rotatable bonds is 2. The Hall–Kier alpha value is -0.430. The average Bonchev–Trinajstić information content (AvgIpc) is 3.16. The molecule has 1 aliphatic carbocycles. The second-order valence-electron chi connectivity index (χ2n) is 5.69. The van der Waals surface area contributed by atoms with E-state index in [4.69, 9.17) is 4.52 Å². The monoisotopic (exact) mass is 389 g/mol. The molecule has 1 saturated carbocycles. The minimum absolute atomic E-state index is 0. The van der Waals surface area contributed by atoms with Gasteiger partial charge in [0.1, 0.15) is 0 Å². The Balaban J connectivity index is 0.00000132. The summed E-state index contributed by atoms with van der Waals surface area (Å²) in [6, 6.07) is 2.92. The zero-order chi connectivity index (χ0) is 13.5. The summed E-state index contributed by atoms with van der Waals surface area (Å²) in [4.78, 5) is 5.63. The molecule has 114 valence electrons. The van der Waals surface area contributed by atoms with Gasteiger partial charge in [-0.25, -0.2) is 0 Å². The van der Waals surface area contributed by atoms with Crippen LogP contribution in [-0.2, 0) is 0 Å². The lowest BCUT2D eigenvalue weighted by molar-refractivity contribution is 0.324. The molecule has 0 radical (unpaired) electrons. The molecule has 2 aromatic rings. The Morgan fingerprint density at radius 2 is 2.19 bits per heavy atom. The third-order valence-electron chi connectivity index (χ3n) is 4.39. The number of fused-ring (bicyclic) bond motifs is 1.